The molecule has 0 unspecified atom stereocenters. The zero-order chi connectivity index (χ0) is 19.5. The number of carbonyl (C=O) groups excluding carboxylic acids is 1. The molecule has 148 valence electrons. The molecule has 5 nitrogen and oxygen atoms in total. The maximum absolute atomic E-state index is 13.0. The minimum atomic E-state index is 0.224. The van der Waals surface area contributed by atoms with Gasteiger partial charge in [-0.05, 0) is 54.6 Å². The van der Waals surface area contributed by atoms with Crippen molar-refractivity contribution in [3.05, 3.63) is 59.2 Å². The van der Waals surface area contributed by atoms with Crippen molar-refractivity contribution in [2.45, 2.75) is 31.8 Å². The maximum atomic E-state index is 13.0. The largest absolute Gasteiger partial charge is 0.493 e. The predicted molar refractivity (Wildman–Crippen MR) is 109 cm³/mol. The molecule has 5 heteroatoms. The predicted octanol–water partition coefficient (Wildman–Crippen LogP) is 3.43. The SMILES string of the molecule is COc1ccc([C@@H]2CCCN2CC(=O)N2CCc3ccccc3C2)cc1OC. The summed E-state index contributed by atoms with van der Waals surface area (Å²) >= 11 is 0. The third kappa shape index (κ3) is 3.72. The number of methoxy groups -OCH3 is 2. The Morgan fingerprint density at radius 1 is 1.04 bits per heavy atom. The molecule has 0 bridgehead atoms. The van der Waals surface area contributed by atoms with E-state index in [-0.39, 0.29) is 11.9 Å². The van der Waals surface area contributed by atoms with E-state index in [1.54, 1.807) is 14.2 Å². The normalized spacial score (nSPS) is 19.4. The van der Waals surface area contributed by atoms with Crippen molar-refractivity contribution < 1.29 is 14.3 Å². The molecule has 1 saturated heterocycles. The van der Waals surface area contributed by atoms with Crippen molar-refractivity contribution in [3.63, 3.8) is 0 Å². The van der Waals surface area contributed by atoms with Crippen LogP contribution in [0.3, 0.4) is 0 Å². The molecular formula is C23H28N2O3. The van der Waals surface area contributed by atoms with Crippen molar-refractivity contribution >= 4 is 5.91 Å². The molecule has 0 saturated carbocycles. The van der Waals surface area contributed by atoms with Gasteiger partial charge in [0.15, 0.2) is 11.5 Å². The van der Waals surface area contributed by atoms with Gasteiger partial charge in [0, 0.05) is 19.1 Å². The third-order valence-corrected chi connectivity index (χ3v) is 5.98. The van der Waals surface area contributed by atoms with Gasteiger partial charge < -0.3 is 14.4 Å². The summed E-state index contributed by atoms with van der Waals surface area (Å²) in [4.78, 5) is 17.3. The molecule has 1 fully saturated rings. The smallest absolute Gasteiger partial charge is 0.237 e. The lowest BCUT2D eigenvalue weighted by Crippen LogP contribution is -2.42. The molecule has 2 heterocycles. The van der Waals surface area contributed by atoms with E-state index in [2.05, 4.69) is 35.2 Å². The van der Waals surface area contributed by atoms with Crippen LogP contribution in [0, 0.1) is 0 Å². The highest BCUT2D eigenvalue weighted by Gasteiger charge is 2.30. The Morgan fingerprint density at radius 2 is 1.82 bits per heavy atom. The Kier molecular flexibility index (Phi) is 5.53. The minimum Gasteiger partial charge on any atom is -0.493 e. The van der Waals surface area contributed by atoms with Crippen LogP contribution in [0.25, 0.3) is 0 Å². The number of nitrogens with zero attached hydrogens (tertiary/aromatic N) is 2. The standard InChI is InChI=1S/C23H28N2O3/c1-27-21-10-9-18(14-22(21)28-2)20-8-5-12-24(20)16-23(26)25-13-11-17-6-3-4-7-19(17)15-25/h3-4,6-7,9-10,14,20H,5,8,11-13,15-16H2,1-2H3/t20-/m0/s1. The molecule has 2 aromatic carbocycles. The molecular weight excluding hydrogens is 352 g/mol. The molecule has 2 aromatic rings. The number of benzene rings is 2. The number of fused-ring (bicyclic) bond motifs is 1. The van der Waals surface area contributed by atoms with Gasteiger partial charge >= 0.3 is 0 Å². The van der Waals surface area contributed by atoms with Gasteiger partial charge in [-0.2, -0.15) is 0 Å². The molecule has 0 aliphatic carbocycles. The zero-order valence-corrected chi connectivity index (χ0v) is 16.7. The molecule has 0 spiro atoms. The highest BCUT2D eigenvalue weighted by molar-refractivity contribution is 5.78. The summed E-state index contributed by atoms with van der Waals surface area (Å²) < 4.78 is 10.8. The van der Waals surface area contributed by atoms with Crippen molar-refractivity contribution in [1.29, 1.82) is 0 Å². The summed E-state index contributed by atoms with van der Waals surface area (Å²) in [7, 11) is 3.31. The van der Waals surface area contributed by atoms with E-state index < -0.39 is 0 Å². The van der Waals surface area contributed by atoms with Crippen molar-refractivity contribution in [2.75, 3.05) is 33.9 Å². The van der Waals surface area contributed by atoms with Crippen molar-refractivity contribution in [3.8, 4) is 11.5 Å². The summed E-state index contributed by atoms with van der Waals surface area (Å²) in [5, 5.41) is 0. The average Bonchev–Trinajstić information content (AvgIpc) is 3.20. The number of amides is 1. The first-order valence-electron chi connectivity index (χ1n) is 10.00. The van der Waals surface area contributed by atoms with Gasteiger partial charge in [-0.1, -0.05) is 30.3 Å². The second kappa shape index (κ2) is 8.23. The van der Waals surface area contributed by atoms with E-state index in [0.29, 0.717) is 6.54 Å². The fourth-order valence-electron chi connectivity index (χ4n) is 4.44. The van der Waals surface area contributed by atoms with Crippen LogP contribution in [0.5, 0.6) is 11.5 Å². The fourth-order valence-corrected chi connectivity index (χ4v) is 4.44. The van der Waals surface area contributed by atoms with Crippen LogP contribution < -0.4 is 9.47 Å². The molecule has 2 aliphatic heterocycles. The lowest BCUT2D eigenvalue weighted by atomic mass is 10.00. The van der Waals surface area contributed by atoms with Gasteiger partial charge in [-0.25, -0.2) is 0 Å². The number of ether oxygens (including phenoxy) is 2. The molecule has 0 N–H and O–H groups in total. The van der Waals surface area contributed by atoms with Gasteiger partial charge in [-0.3, -0.25) is 9.69 Å². The average molecular weight is 380 g/mol. The third-order valence-electron chi connectivity index (χ3n) is 5.98. The first-order valence-corrected chi connectivity index (χ1v) is 10.00. The highest BCUT2D eigenvalue weighted by atomic mass is 16.5. The second-order valence-corrected chi connectivity index (χ2v) is 7.58. The van der Waals surface area contributed by atoms with Crippen molar-refractivity contribution in [2.24, 2.45) is 0 Å². The molecule has 4 rings (SSSR count). The molecule has 1 amide bonds. The van der Waals surface area contributed by atoms with Crippen LogP contribution in [-0.2, 0) is 17.8 Å². The minimum absolute atomic E-state index is 0.224. The molecule has 28 heavy (non-hydrogen) atoms. The number of rotatable bonds is 5. The topological polar surface area (TPSA) is 42.0 Å². The Labute approximate surface area is 166 Å². The summed E-state index contributed by atoms with van der Waals surface area (Å²) in [6.45, 7) is 2.96. The number of carbonyl (C=O) groups is 1. The Bertz CT molecular complexity index is 851. The Morgan fingerprint density at radius 3 is 2.61 bits per heavy atom. The van der Waals surface area contributed by atoms with Gasteiger partial charge in [0.2, 0.25) is 5.91 Å². The van der Waals surface area contributed by atoms with E-state index in [9.17, 15) is 4.79 Å². The van der Waals surface area contributed by atoms with Crippen LogP contribution >= 0.6 is 0 Å². The summed E-state index contributed by atoms with van der Waals surface area (Å²) in [6, 6.07) is 14.8. The molecule has 0 radical (unpaired) electrons. The number of likely N-dealkylation sites (tertiary alicyclic amines) is 1. The second-order valence-electron chi connectivity index (χ2n) is 7.58. The number of hydrogen-bond acceptors (Lipinski definition) is 4. The summed E-state index contributed by atoms with van der Waals surface area (Å²) in [6.07, 6.45) is 3.11. The number of hydrogen-bond donors (Lipinski definition) is 0. The van der Waals surface area contributed by atoms with Crippen LogP contribution in [0.4, 0.5) is 0 Å². The molecule has 0 aromatic heterocycles. The van der Waals surface area contributed by atoms with Crippen LogP contribution in [0.1, 0.15) is 35.6 Å². The van der Waals surface area contributed by atoms with E-state index in [1.165, 1.54) is 16.7 Å². The van der Waals surface area contributed by atoms with Gasteiger partial charge in [-0.15, -0.1) is 0 Å². The van der Waals surface area contributed by atoms with E-state index in [1.807, 2.05) is 17.0 Å². The highest BCUT2D eigenvalue weighted by Crippen LogP contribution is 2.36. The van der Waals surface area contributed by atoms with Gasteiger partial charge in [0.25, 0.3) is 0 Å². The Balaban J connectivity index is 1.45. The Hall–Kier alpha value is -2.53. The van der Waals surface area contributed by atoms with Crippen LogP contribution in [0.15, 0.2) is 42.5 Å². The zero-order valence-electron chi connectivity index (χ0n) is 16.7. The van der Waals surface area contributed by atoms with Crippen LogP contribution in [0.2, 0.25) is 0 Å². The lowest BCUT2D eigenvalue weighted by Gasteiger charge is -2.32. The van der Waals surface area contributed by atoms with E-state index >= 15 is 0 Å². The molecule has 2 aliphatic rings. The lowest BCUT2D eigenvalue weighted by molar-refractivity contribution is -0.133. The fraction of sp³-hybridized carbons (Fsp3) is 0.435. The van der Waals surface area contributed by atoms with Gasteiger partial charge in [0.05, 0.1) is 20.8 Å². The van der Waals surface area contributed by atoms with Crippen molar-refractivity contribution in [1.82, 2.24) is 9.80 Å². The maximum Gasteiger partial charge on any atom is 0.237 e. The van der Waals surface area contributed by atoms with E-state index in [0.717, 1.165) is 50.4 Å². The molecule has 1 atom stereocenters. The summed E-state index contributed by atoms with van der Waals surface area (Å²) in [5.41, 5.74) is 3.84. The first kappa shape index (κ1) is 18.8. The van der Waals surface area contributed by atoms with Gasteiger partial charge in [0.1, 0.15) is 0 Å². The van der Waals surface area contributed by atoms with E-state index in [4.69, 9.17) is 9.47 Å². The quantitative estimate of drug-likeness (QED) is 0.797. The van der Waals surface area contributed by atoms with Crippen LogP contribution in [-0.4, -0.2) is 49.6 Å². The monoisotopic (exact) mass is 380 g/mol. The first-order chi connectivity index (χ1) is 13.7. The summed E-state index contributed by atoms with van der Waals surface area (Å²) in [5.74, 6) is 1.70.